The first kappa shape index (κ1) is 27.8. The summed E-state index contributed by atoms with van der Waals surface area (Å²) in [5, 5.41) is 0. The molecule has 2 saturated heterocycles. The van der Waals surface area contributed by atoms with Crippen LogP contribution in [-0.2, 0) is 24.0 Å². The third kappa shape index (κ3) is 7.74. The van der Waals surface area contributed by atoms with E-state index in [4.69, 9.17) is 24.0 Å². The molecule has 0 unspecified atom stereocenters. The summed E-state index contributed by atoms with van der Waals surface area (Å²) in [4.78, 5) is 12.0. The summed E-state index contributed by atoms with van der Waals surface area (Å²) in [6, 6.07) is 0. The van der Waals surface area contributed by atoms with E-state index in [0.29, 0.717) is 26.4 Å². The normalized spacial score (nSPS) is 29.6. The fourth-order valence-corrected chi connectivity index (χ4v) is 5.53. The van der Waals surface area contributed by atoms with Gasteiger partial charge in [-0.2, -0.15) is 9.78 Å². The Kier molecular flexibility index (Phi) is 9.84. The predicted molar refractivity (Wildman–Crippen MR) is 122 cm³/mol. The van der Waals surface area contributed by atoms with Crippen LogP contribution in [0.2, 0.25) is 0 Å². The zero-order valence-corrected chi connectivity index (χ0v) is 20.3. The minimum absolute atomic E-state index is 0. The molecule has 0 atom stereocenters. The van der Waals surface area contributed by atoms with Crippen molar-refractivity contribution in [1.29, 1.82) is 0 Å². The minimum Gasteiger partial charge on any atom is -0.381 e. The summed E-state index contributed by atoms with van der Waals surface area (Å²) in [6.45, 7) is 20.4. The molecule has 0 bridgehead atoms. The third-order valence-corrected chi connectivity index (χ3v) is 5.85. The van der Waals surface area contributed by atoms with Gasteiger partial charge in [0.05, 0.1) is 13.2 Å². The molecular formula is C25H50O5. The van der Waals surface area contributed by atoms with Gasteiger partial charge in [0.2, 0.25) is 11.6 Å². The van der Waals surface area contributed by atoms with Crippen molar-refractivity contribution in [2.75, 3.05) is 26.4 Å². The molecule has 0 aromatic carbocycles. The quantitative estimate of drug-likeness (QED) is 0.392. The molecule has 30 heavy (non-hydrogen) atoms. The summed E-state index contributed by atoms with van der Waals surface area (Å²) in [6.07, 6.45) is 6.29. The van der Waals surface area contributed by atoms with Gasteiger partial charge in [-0.05, 0) is 30.1 Å². The van der Waals surface area contributed by atoms with Gasteiger partial charge in [-0.1, -0.05) is 62.8 Å². The van der Waals surface area contributed by atoms with E-state index in [2.05, 4.69) is 41.5 Å². The zero-order valence-electron chi connectivity index (χ0n) is 20.3. The van der Waals surface area contributed by atoms with Crippen molar-refractivity contribution in [3.8, 4) is 0 Å². The van der Waals surface area contributed by atoms with Crippen LogP contribution in [0, 0.1) is 16.2 Å². The Labute approximate surface area is 186 Å². The fraction of sp³-hybridized carbons (Fsp3) is 1.00. The minimum atomic E-state index is -0.676. The van der Waals surface area contributed by atoms with Crippen LogP contribution < -0.4 is 0 Å². The monoisotopic (exact) mass is 430 g/mol. The van der Waals surface area contributed by atoms with Crippen molar-refractivity contribution in [2.24, 2.45) is 16.2 Å². The molecule has 0 radical (unpaired) electrons. The van der Waals surface area contributed by atoms with Crippen molar-refractivity contribution >= 4 is 0 Å². The molecule has 3 aliphatic rings. The molecule has 1 saturated carbocycles. The van der Waals surface area contributed by atoms with Gasteiger partial charge in [0.1, 0.15) is 0 Å². The van der Waals surface area contributed by atoms with Gasteiger partial charge in [0.15, 0.2) is 0 Å². The van der Waals surface area contributed by atoms with Crippen LogP contribution in [-0.4, -0.2) is 38.0 Å². The molecule has 3 rings (SSSR count). The van der Waals surface area contributed by atoms with E-state index in [9.17, 15) is 0 Å². The Balaban J connectivity index is 0.00000146. The largest absolute Gasteiger partial charge is 0.381 e. The smallest absolute Gasteiger partial charge is 0.205 e. The zero-order chi connectivity index (χ0) is 21.8. The second-order valence-corrected chi connectivity index (χ2v) is 11.4. The summed E-state index contributed by atoms with van der Waals surface area (Å²) in [5.41, 5.74) is 0.392. The van der Waals surface area contributed by atoms with E-state index in [0.717, 1.165) is 38.5 Å². The van der Waals surface area contributed by atoms with E-state index in [1.165, 1.54) is 6.42 Å². The molecule has 3 fully saturated rings. The van der Waals surface area contributed by atoms with Crippen molar-refractivity contribution in [1.82, 2.24) is 0 Å². The van der Waals surface area contributed by atoms with Gasteiger partial charge >= 0.3 is 0 Å². The van der Waals surface area contributed by atoms with Gasteiger partial charge in [0, 0.05) is 44.3 Å². The van der Waals surface area contributed by atoms with Gasteiger partial charge in [-0.3, -0.25) is 0 Å². The lowest BCUT2D eigenvalue weighted by Crippen LogP contribution is -2.48. The maximum absolute atomic E-state index is 6.68. The highest BCUT2D eigenvalue weighted by molar-refractivity contribution is 4.96. The highest BCUT2D eigenvalue weighted by atomic mass is 17.3. The van der Waals surface area contributed by atoms with Crippen molar-refractivity contribution in [2.45, 2.75) is 119 Å². The third-order valence-electron chi connectivity index (χ3n) is 5.85. The van der Waals surface area contributed by atoms with E-state index in [-0.39, 0.29) is 23.7 Å². The molecule has 0 amide bonds. The highest BCUT2D eigenvalue weighted by Gasteiger charge is 2.58. The average molecular weight is 431 g/mol. The van der Waals surface area contributed by atoms with Crippen molar-refractivity contribution in [3.63, 3.8) is 0 Å². The van der Waals surface area contributed by atoms with Crippen molar-refractivity contribution in [3.05, 3.63) is 0 Å². The number of hydrogen-bond donors (Lipinski definition) is 0. The Morgan fingerprint density at radius 2 is 1.00 bits per heavy atom. The SMILES string of the molecule is C.CC.CC1(C)COCCCC2(CCCOC1)OOC1(CC(C)(C)CC(C)(C)C1)O2. The number of hydrogen-bond acceptors (Lipinski definition) is 5. The predicted octanol–water partition coefficient (Wildman–Crippen LogP) is 6.89. The van der Waals surface area contributed by atoms with E-state index in [1.54, 1.807) is 0 Å². The summed E-state index contributed by atoms with van der Waals surface area (Å²) < 4.78 is 18.5. The maximum atomic E-state index is 6.68. The van der Waals surface area contributed by atoms with Crippen LogP contribution in [0.25, 0.3) is 0 Å². The lowest BCUT2D eigenvalue weighted by Gasteiger charge is -2.48. The van der Waals surface area contributed by atoms with Gasteiger partial charge in [-0.25, -0.2) is 0 Å². The van der Waals surface area contributed by atoms with Gasteiger partial charge in [0.25, 0.3) is 0 Å². The van der Waals surface area contributed by atoms with Crippen LogP contribution in [0.15, 0.2) is 0 Å². The van der Waals surface area contributed by atoms with Crippen LogP contribution in [0.5, 0.6) is 0 Å². The maximum Gasteiger partial charge on any atom is 0.205 e. The molecule has 0 aromatic rings. The topological polar surface area (TPSA) is 46.2 Å². The lowest BCUT2D eigenvalue weighted by atomic mass is 9.63. The molecule has 1 aliphatic carbocycles. The van der Waals surface area contributed by atoms with Crippen LogP contribution >= 0.6 is 0 Å². The molecule has 5 nitrogen and oxygen atoms in total. The standard InChI is InChI=1S/C22H40O5.C2H6.CH4/c1-18(2)13-19(3,4)15-22(14-18)25-21(26-27-22)9-7-11-23-16-20(5,6)17-24-12-8-10-21;1-2;/h7-17H2,1-6H3;1-2H3;1H4. The van der Waals surface area contributed by atoms with Gasteiger partial charge < -0.3 is 14.2 Å². The Morgan fingerprint density at radius 3 is 1.47 bits per heavy atom. The molecule has 2 heterocycles. The Morgan fingerprint density at radius 1 is 0.567 bits per heavy atom. The summed E-state index contributed by atoms with van der Waals surface area (Å²) in [5.74, 6) is -1.31. The average Bonchev–Trinajstić information content (AvgIpc) is 2.89. The highest BCUT2D eigenvalue weighted by Crippen LogP contribution is 2.56. The summed E-state index contributed by atoms with van der Waals surface area (Å²) in [7, 11) is 0. The molecule has 0 N–H and O–H groups in total. The molecule has 0 aromatic heterocycles. The lowest BCUT2D eigenvalue weighted by molar-refractivity contribution is -0.365. The summed E-state index contributed by atoms with van der Waals surface area (Å²) >= 11 is 0. The van der Waals surface area contributed by atoms with Crippen molar-refractivity contribution < 1.29 is 24.0 Å². The van der Waals surface area contributed by atoms with Crippen LogP contribution in [0.4, 0.5) is 0 Å². The van der Waals surface area contributed by atoms with Gasteiger partial charge in [-0.15, -0.1) is 0 Å². The van der Waals surface area contributed by atoms with E-state index < -0.39 is 11.6 Å². The Hall–Kier alpha value is -0.200. The first-order valence-electron chi connectivity index (χ1n) is 11.7. The van der Waals surface area contributed by atoms with E-state index in [1.807, 2.05) is 13.8 Å². The number of ether oxygens (including phenoxy) is 3. The Bertz CT molecular complexity index is 480. The molecule has 2 spiro atoms. The van der Waals surface area contributed by atoms with Crippen LogP contribution in [0.3, 0.4) is 0 Å². The molecule has 5 heteroatoms. The molecular weight excluding hydrogens is 380 g/mol. The van der Waals surface area contributed by atoms with Crippen LogP contribution in [0.1, 0.15) is 108 Å². The second-order valence-electron chi connectivity index (χ2n) is 11.4. The van der Waals surface area contributed by atoms with E-state index >= 15 is 0 Å². The number of rotatable bonds is 0. The molecule has 2 aliphatic heterocycles. The second kappa shape index (κ2) is 10.6. The molecule has 180 valence electrons. The first-order chi connectivity index (χ1) is 13.4. The first-order valence-corrected chi connectivity index (χ1v) is 11.7. The fourth-order valence-electron chi connectivity index (χ4n) is 5.53.